The number of aromatic nitrogens is 2. The lowest BCUT2D eigenvalue weighted by atomic mass is 9.84. The molecule has 150 valence electrons. The van der Waals surface area contributed by atoms with Gasteiger partial charge in [0.2, 0.25) is 5.92 Å². The predicted molar refractivity (Wildman–Crippen MR) is 106 cm³/mol. The van der Waals surface area contributed by atoms with Crippen LogP contribution in [0.15, 0.2) is 23.5 Å². The van der Waals surface area contributed by atoms with Crippen LogP contribution in [-0.4, -0.2) is 22.1 Å². The van der Waals surface area contributed by atoms with E-state index in [1.54, 1.807) is 4.57 Å². The molecule has 1 aliphatic heterocycles. The maximum atomic E-state index is 14.0. The number of aryl methyl sites for hydroxylation is 1. The second-order valence-corrected chi connectivity index (χ2v) is 8.29. The number of alkyl halides is 2. The van der Waals surface area contributed by atoms with Crippen LogP contribution in [0.5, 0.6) is 0 Å². The van der Waals surface area contributed by atoms with E-state index in [4.69, 9.17) is 9.72 Å². The Morgan fingerprint density at radius 2 is 2.11 bits per heavy atom. The fourth-order valence-corrected chi connectivity index (χ4v) is 4.65. The van der Waals surface area contributed by atoms with E-state index >= 15 is 0 Å². The van der Waals surface area contributed by atoms with E-state index in [1.165, 1.54) is 0 Å². The Labute approximate surface area is 163 Å². The number of hydrogen-bond donors (Lipinski definition) is 0. The highest BCUT2D eigenvalue weighted by Gasteiger charge is 2.54. The first kappa shape index (κ1) is 19.1. The summed E-state index contributed by atoms with van der Waals surface area (Å²) in [5, 5.41) is 0.501. The van der Waals surface area contributed by atoms with Crippen molar-refractivity contribution in [3.8, 4) is 0 Å². The minimum atomic E-state index is -2.69. The molecule has 0 radical (unpaired) electrons. The molecule has 0 bridgehead atoms. The van der Waals surface area contributed by atoms with Crippen molar-refractivity contribution < 1.29 is 13.5 Å². The number of rotatable bonds is 5. The molecule has 1 fully saturated rings. The zero-order chi connectivity index (χ0) is 20.1. The molecule has 1 aromatic heterocycles. The monoisotopic (exact) mass is 388 g/mol. The van der Waals surface area contributed by atoms with Gasteiger partial charge in [0.1, 0.15) is 11.6 Å². The molecular formula is C22H26F2N2O2. The Morgan fingerprint density at radius 3 is 2.79 bits per heavy atom. The quantitative estimate of drug-likeness (QED) is 0.538. The number of benzene rings is 1. The van der Waals surface area contributed by atoms with Crippen molar-refractivity contribution in [1.29, 1.82) is 0 Å². The van der Waals surface area contributed by atoms with E-state index in [0.717, 1.165) is 18.4 Å². The lowest BCUT2D eigenvalue weighted by Gasteiger charge is -2.23. The Kier molecular flexibility index (Phi) is 4.55. The summed E-state index contributed by atoms with van der Waals surface area (Å²) in [5.41, 5.74) is 1.25. The molecule has 1 unspecified atom stereocenters. The van der Waals surface area contributed by atoms with Crippen LogP contribution in [-0.2, 0) is 16.7 Å². The van der Waals surface area contributed by atoms with Gasteiger partial charge in [0, 0.05) is 30.4 Å². The third kappa shape index (κ3) is 3.03. The van der Waals surface area contributed by atoms with Crippen LogP contribution in [0, 0.1) is 6.92 Å². The number of unbranched alkanes of at least 4 members (excludes halogenated alkanes) is 1. The first-order chi connectivity index (χ1) is 13.3. The van der Waals surface area contributed by atoms with Crippen molar-refractivity contribution in [1.82, 2.24) is 9.55 Å². The van der Waals surface area contributed by atoms with Gasteiger partial charge in [0.05, 0.1) is 17.5 Å². The van der Waals surface area contributed by atoms with Gasteiger partial charge < -0.3 is 4.74 Å². The van der Waals surface area contributed by atoms with Crippen LogP contribution in [0.2, 0.25) is 0 Å². The first-order valence-corrected chi connectivity index (χ1v) is 10.0. The standard InChI is InChI=1S/C22H26F2N2O2/c1-4-5-10-28-15(3)16-11-14(2)12-17-18(16)25-20-21(6-7-22(23,24)13-21)8-9-26(20)19(17)27/h11-12H,3-10,13H2,1-2H3. The van der Waals surface area contributed by atoms with Gasteiger partial charge in [-0.15, -0.1) is 0 Å². The smallest absolute Gasteiger partial charge is 0.261 e. The van der Waals surface area contributed by atoms with Crippen LogP contribution < -0.4 is 5.56 Å². The maximum absolute atomic E-state index is 14.0. The lowest BCUT2D eigenvalue weighted by Crippen LogP contribution is -2.28. The van der Waals surface area contributed by atoms with Crippen LogP contribution in [0.4, 0.5) is 8.78 Å². The summed E-state index contributed by atoms with van der Waals surface area (Å²) < 4.78 is 35.4. The first-order valence-electron chi connectivity index (χ1n) is 10.0. The Morgan fingerprint density at radius 1 is 1.32 bits per heavy atom. The summed E-state index contributed by atoms with van der Waals surface area (Å²) in [5.74, 6) is -1.71. The highest BCUT2D eigenvalue weighted by atomic mass is 19.3. The third-order valence-electron chi connectivity index (χ3n) is 6.13. The van der Waals surface area contributed by atoms with Crippen LogP contribution >= 0.6 is 0 Å². The van der Waals surface area contributed by atoms with Gasteiger partial charge in [0.25, 0.3) is 5.56 Å². The molecule has 1 aliphatic carbocycles. The molecule has 6 heteroatoms. The number of halogens is 2. The molecule has 4 nitrogen and oxygen atoms in total. The number of nitrogens with zero attached hydrogens (tertiary/aromatic N) is 2. The van der Waals surface area contributed by atoms with E-state index in [0.29, 0.717) is 54.0 Å². The van der Waals surface area contributed by atoms with Gasteiger partial charge in [-0.3, -0.25) is 9.36 Å². The average Bonchev–Trinajstić information content (AvgIpc) is 3.15. The third-order valence-corrected chi connectivity index (χ3v) is 6.13. The lowest BCUT2D eigenvalue weighted by molar-refractivity contribution is 0.00242. The molecule has 28 heavy (non-hydrogen) atoms. The molecule has 2 aliphatic rings. The number of ether oxygens (including phenoxy) is 1. The van der Waals surface area contributed by atoms with Gasteiger partial charge in [0.15, 0.2) is 0 Å². The topological polar surface area (TPSA) is 44.1 Å². The van der Waals surface area contributed by atoms with E-state index in [2.05, 4.69) is 13.5 Å². The van der Waals surface area contributed by atoms with Gasteiger partial charge >= 0.3 is 0 Å². The summed E-state index contributed by atoms with van der Waals surface area (Å²) >= 11 is 0. The fraction of sp³-hybridized carbons (Fsp3) is 0.545. The second-order valence-electron chi connectivity index (χ2n) is 8.29. The number of hydrogen-bond acceptors (Lipinski definition) is 3. The summed E-state index contributed by atoms with van der Waals surface area (Å²) in [6, 6.07) is 3.72. The average molecular weight is 388 g/mol. The predicted octanol–water partition coefficient (Wildman–Crippen LogP) is 4.95. The summed E-state index contributed by atoms with van der Waals surface area (Å²) in [6.45, 7) is 9.02. The van der Waals surface area contributed by atoms with Crippen molar-refractivity contribution in [2.24, 2.45) is 0 Å². The zero-order valence-corrected chi connectivity index (χ0v) is 16.5. The molecular weight excluding hydrogens is 362 g/mol. The minimum Gasteiger partial charge on any atom is -0.494 e. The molecule has 2 heterocycles. The van der Waals surface area contributed by atoms with Crippen LogP contribution in [0.3, 0.4) is 0 Å². The van der Waals surface area contributed by atoms with Gasteiger partial charge in [-0.25, -0.2) is 13.8 Å². The van der Waals surface area contributed by atoms with Crippen molar-refractivity contribution >= 4 is 16.7 Å². The maximum Gasteiger partial charge on any atom is 0.261 e. The summed E-state index contributed by atoms with van der Waals surface area (Å²) in [6.07, 6.45) is 2.45. The minimum absolute atomic E-state index is 0.144. The van der Waals surface area contributed by atoms with Gasteiger partial charge in [-0.2, -0.15) is 0 Å². The summed E-state index contributed by atoms with van der Waals surface area (Å²) in [4.78, 5) is 18.0. The number of fused-ring (bicyclic) bond motifs is 3. The second kappa shape index (κ2) is 6.68. The van der Waals surface area contributed by atoms with Crippen molar-refractivity contribution in [3.05, 3.63) is 46.0 Å². The summed E-state index contributed by atoms with van der Waals surface area (Å²) in [7, 11) is 0. The van der Waals surface area contributed by atoms with E-state index in [1.807, 2.05) is 19.1 Å². The molecule has 2 aromatic rings. The van der Waals surface area contributed by atoms with E-state index in [-0.39, 0.29) is 18.4 Å². The molecule has 0 amide bonds. The van der Waals surface area contributed by atoms with E-state index in [9.17, 15) is 13.6 Å². The fourth-order valence-electron chi connectivity index (χ4n) is 4.65. The molecule has 0 N–H and O–H groups in total. The zero-order valence-electron chi connectivity index (χ0n) is 16.5. The van der Waals surface area contributed by atoms with Gasteiger partial charge in [-0.05, 0) is 43.9 Å². The Bertz CT molecular complexity index is 1010. The van der Waals surface area contributed by atoms with Crippen molar-refractivity contribution in [3.63, 3.8) is 0 Å². The molecule has 1 aromatic carbocycles. The highest BCUT2D eigenvalue weighted by molar-refractivity contribution is 5.89. The van der Waals surface area contributed by atoms with Crippen LogP contribution in [0.1, 0.15) is 62.4 Å². The largest absolute Gasteiger partial charge is 0.494 e. The molecule has 1 spiro atoms. The molecule has 1 atom stereocenters. The SMILES string of the molecule is C=C(OCCCC)c1cc(C)cc2c(=O)n3c(nc12)C1(CC3)CCC(F)(F)C1. The van der Waals surface area contributed by atoms with Crippen LogP contribution in [0.25, 0.3) is 16.7 Å². The molecule has 0 saturated heterocycles. The molecule has 1 saturated carbocycles. The Hall–Kier alpha value is -2.24. The van der Waals surface area contributed by atoms with Gasteiger partial charge in [-0.1, -0.05) is 19.9 Å². The highest BCUT2D eigenvalue weighted by Crippen LogP contribution is 2.52. The molecule has 4 rings (SSSR count). The Balaban J connectivity index is 1.86. The normalized spacial score (nSPS) is 22.7. The van der Waals surface area contributed by atoms with Crippen molar-refractivity contribution in [2.45, 2.75) is 70.3 Å². The van der Waals surface area contributed by atoms with Crippen molar-refractivity contribution in [2.75, 3.05) is 6.61 Å². The van der Waals surface area contributed by atoms with E-state index < -0.39 is 11.3 Å².